The van der Waals surface area contributed by atoms with Gasteiger partial charge in [-0.25, -0.2) is 4.79 Å². The highest BCUT2D eigenvalue weighted by Crippen LogP contribution is 2.40. The zero-order chi connectivity index (χ0) is 15.1. The van der Waals surface area contributed by atoms with Gasteiger partial charge in [0.15, 0.2) is 0 Å². The molecule has 1 aliphatic rings. The van der Waals surface area contributed by atoms with E-state index in [9.17, 15) is 9.90 Å². The van der Waals surface area contributed by atoms with Gasteiger partial charge in [0.25, 0.3) is 0 Å². The van der Waals surface area contributed by atoms with Gasteiger partial charge in [-0.2, -0.15) is 5.10 Å². The third kappa shape index (κ3) is 2.58. The molecule has 3 rings (SSSR count). The fourth-order valence-electron chi connectivity index (χ4n) is 2.83. The molecule has 1 unspecified atom stereocenters. The molecule has 4 nitrogen and oxygen atoms in total. The van der Waals surface area contributed by atoms with Crippen molar-refractivity contribution in [2.75, 3.05) is 0 Å². The first-order chi connectivity index (χ1) is 9.97. The number of rotatable bonds is 4. The van der Waals surface area contributed by atoms with Crippen LogP contribution in [0.25, 0.3) is 11.3 Å². The minimum Gasteiger partial charge on any atom is -0.478 e. The van der Waals surface area contributed by atoms with Gasteiger partial charge in [-0.3, -0.25) is 4.68 Å². The first kappa shape index (κ1) is 13.9. The fraction of sp³-hybridized carbons (Fsp3) is 0.412. The summed E-state index contributed by atoms with van der Waals surface area (Å²) in [6.07, 6.45) is 4.10. The summed E-state index contributed by atoms with van der Waals surface area (Å²) in [7, 11) is 0. The van der Waals surface area contributed by atoms with Gasteiger partial charge in [-0.05, 0) is 45.1 Å². The summed E-state index contributed by atoms with van der Waals surface area (Å²) in [5, 5.41) is 14.1. The van der Waals surface area contributed by atoms with Crippen molar-refractivity contribution in [2.45, 2.75) is 39.7 Å². The van der Waals surface area contributed by atoms with Crippen LogP contribution in [0, 0.1) is 19.8 Å². The molecule has 1 fully saturated rings. The van der Waals surface area contributed by atoms with E-state index in [1.54, 1.807) is 6.20 Å². The SMILES string of the molecule is Cc1ccc(-c2nn(C(C)C3CC3)cc2C(=O)O)c(C)c1. The Bertz CT molecular complexity index is 699. The van der Waals surface area contributed by atoms with E-state index in [0.717, 1.165) is 11.1 Å². The number of nitrogens with zero attached hydrogens (tertiary/aromatic N) is 2. The number of benzene rings is 1. The van der Waals surface area contributed by atoms with Crippen LogP contribution < -0.4 is 0 Å². The molecule has 1 aromatic heterocycles. The molecule has 0 aliphatic heterocycles. The van der Waals surface area contributed by atoms with Crippen molar-refractivity contribution < 1.29 is 9.90 Å². The maximum Gasteiger partial charge on any atom is 0.339 e. The zero-order valence-electron chi connectivity index (χ0n) is 12.6. The molecule has 1 heterocycles. The first-order valence-electron chi connectivity index (χ1n) is 7.37. The molecule has 110 valence electrons. The average Bonchev–Trinajstić information content (AvgIpc) is 3.17. The lowest BCUT2D eigenvalue weighted by Gasteiger charge is -2.10. The summed E-state index contributed by atoms with van der Waals surface area (Å²) >= 11 is 0. The molecular formula is C17H20N2O2. The molecule has 1 atom stereocenters. The van der Waals surface area contributed by atoms with Gasteiger partial charge in [0, 0.05) is 11.8 Å². The van der Waals surface area contributed by atoms with Gasteiger partial charge < -0.3 is 5.11 Å². The molecule has 4 heteroatoms. The number of aromatic carboxylic acids is 1. The average molecular weight is 284 g/mol. The van der Waals surface area contributed by atoms with Crippen LogP contribution in [0.15, 0.2) is 24.4 Å². The van der Waals surface area contributed by atoms with Gasteiger partial charge in [-0.15, -0.1) is 0 Å². The van der Waals surface area contributed by atoms with Crippen LogP contribution in [0.3, 0.4) is 0 Å². The van der Waals surface area contributed by atoms with Crippen molar-refractivity contribution in [3.05, 3.63) is 41.1 Å². The number of aromatic nitrogens is 2. The van der Waals surface area contributed by atoms with Gasteiger partial charge in [-0.1, -0.05) is 23.8 Å². The van der Waals surface area contributed by atoms with Crippen LogP contribution in [0.1, 0.15) is 47.3 Å². The third-order valence-electron chi connectivity index (χ3n) is 4.32. The Morgan fingerprint density at radius 1 is 1.38 bits per heavy atom. The molecule has 1 aliphatic carbocycles. The quantitative estimate of drug-likeness (QED) is 0.928. The molecule has 1 saturated carbocycles. The molecule has 1 aromatic carbocycles. The standard InChI is InChI=1S/C17H20N2O2/c1-10-4-7-14(11(2)8-10)16-15(17(20)21)9-19(18-16)12(3)13-5-6-13/h4,7-9,12-13H,5-6H2,1-3H3,(H,20,21). The van der Waals surface area contributed by atoms with Crippen molar-refractivity contribution >= 4 is 5.97 Å². The maximum absolute atomic E-state index is 11.5. The number of carboxylic acid groups (broad SMARTS) is 1. The number of carboxylic acids is 1. The van der Waals surface area contributed by atoms with Crippen molar-refractivity contribution in [1.29, 1.82) is 0 Å². The molecule has 0 saturated heterocycles. The number of hydrogen-bond acceptors (Lipinski definition) is 2. The molecule has 0 amide bonds. The van der Waals surface area contributed by atoms with Crippen molar-refractivity contribution in [3.8, 4) is 11.3 Å². The van der Waals surface area contributed by atoms with Crippen LogP contribution in [-0.4, -0.2) is 20.9 Å². The van der Waals surface area contributed by atoms with E-state index < -0.39 is 5.97 Å². The van der Waals surface area contributed by atoms with Crippen molar-refractivity contribution in [1.82, 2.24) is 9.78 Å². The van der Waals surface area contributed by atoms with E-state index >= 15 is 0 Å². The van der Waals surface area contributed by atoms with Crippen molar-refractivity contribution in [2.24, 2.45) is 5.92 Å². The lowest BCUT2D eigenvalue weighted by molar-refractivity contribution is 0.0697. The molecular weight excluding hydrogens is 264 g/mol. The second-order valence-corrected chi connectivity index (χ2v) is 6.07. The number of aryl methyl sites for hydroxylation is 2. The lowest BCUT2D eigenvalue weighted by atomic mass is 10.0. The second-order valence-electron chi connectivity index (χ2n) is 6.07. The van der Waals surface area contributed by atoms with Crippen LogP contribution in [-0.2, 0) is 0 Å². The Labute approximate surface area is 124 Å². The molecule has 21 heavy (non-hydrogen) atoms. The Hall–Kier alpha value is -2.10. The zero-order valence-corrected chi connectivity index (χ0v) is 12.6. The van der Waals surface area contributed by atoms with Gasteiger partial charge in [0.2, 0.25) is 0 Å². The Morgan fingerprint density at radius 3 is 2.67 bits per heavy atom. The molecule has 1 N–H and O–H groups in total. The summed E-state index contributed by atoms with van der Waals surface area (Å²) in [5.74, 6) is -0.280. The van der Waals surface area contributed by atoms with E-state index in [1.165, 1.54) is 18.4 Å². The fourth-order valence-corrected chi connectivity index (χ4v) is 2.83. The molecule has 2 aromatic rings. The highest BCUT2D eigenvalue weighted by atomic mass is 16.4. The predicted octanol–water partition coefficient (Wildman–Crippen LogP) is 3.84. The summed E-state index contributed by atoms with van der Waals surface area (Å²) in [5.41, 5.74) is 3.99. The van der Waals surface area contributed by atoms with Gasteiger partial charge in [0.1, 0.15) is 11.3 Å². The maximum atomic E-state index is 11.5. The topological polar surface area (TPSA) is 55.1 Å². The summed E-state index contributed by atoms with van der Waals surface area (Å²) in [6.45, 7) is 6.14. The Kier molecular flexibility index (Phi) is 3.32. The van der Waals surface area contributed by atoms with Gasteiger partial charge >= 0.3 is 5.97 Å². The molecule has 0 spiro atoms. The minimum absolute atomic E-state index is 0.266. The summed E-state index contributed by atoms with van der Waals surface area (Å²) in [4.78, 5) is 11.5. The van der Waals surface area contributed by atoms with E-state index in [4.69, 9.17) is 0 Å². The Balaban J connectivity index is 2.09. The monoisotopic (exact) mass is 284 g/mol. The minimum atomic E-state index is -0.917. The normalized spacial score (nSPS) is 16.0. The highest BCUT2D eigenvalue weighted by molar-refractivity contribution is 5.95. The lowest BCUT2D eigenvalue weighted by Crippen LogP contribution is -2.07. The molecule has 0 radical (unpaired) electrons. The Morgan fingerprint density at radius 2 is 2.10 bits per heavy atom. The molecule has 0 bridgehead atoms. The van der Waals surface area contributed by atoms with E-state index in [1.807, 2.05) is 30.7 Å². The second kappa shape index (κ2) is 5.02. The van der Waals surface area contributed by atoms with Crippen LogP contribution in [0.4, 0.5) is 0 Å². The van der Waals surface area contributed by atoms with Crippen molar-refractivity contribution in [3.63, 3.8) is 0 Å². The summed E-state index contributed by atoms with van der Waals surface area (Å²) in [6, 6.07) is 6.29. The number of hydrogen-bond donors (Lipinski definition) is 1. The summed E-state index contributed by atoms with van der Waals surface area (Å²) < 4.78 is 1.83. The van der Waals surface area contributed by atoms with E-state index in [-0.39, 0.29) is 11.6 Å². The third-order valence-corrected chi connectivity index (χ3v) is 4.32. The van der Waals surface area contributed by atoms with E-state index in [2.05, 4.69) is 18.1 Å². The highest BCUT2D eigenvalue weighted by Gasteiger charge is 2.31. The van der Waals surface area contributed by atoms with Crippen LogP contribution in [0.2, 0.25) is 0 Å². The largest absolute Gasteiger partial charge is 0.478 e. The predicted molar refractivity (Wildman–Crippen MR) is 81.5 cm³/mol. The smallest absolute Gasteiger partial charge is 0.339 e. The van der Waals surface area contributed by atoms with Crippen LogP contribution >= 0.6 is 0 Å². The van der Waals surface area contributed by atoms with Gasteiger partial charge in [0.05, 0.1) is 6.04 Å². The number of carbonyl (C=O) groups is 1. The first-order valence-corrected chi connectivity index (χ1v) is 7.37. The van der Waals surface area contributed by atoms with Crippen LogP contribution in [0.5, 0.6) is 0 Å². The van der Waals surface area contributed by atoms with E-state index in [0.29, 0.717) is 11.6 Å².